The van der Waals surface area contributed by atoms with Gasteiger partial charge < -0.3 is 51.8 Å². The van der Waals surface area contributed by atoms with Crippen molar-refractivity contribution < 1.29 is 52.9 Å². The molecule has 444 valence electrons. The Morgan fingerprint density at radius 3 is 1.35 bits per heavy atom. The van der Waals surface area contributed by atoms with Crippen LogP contribution in [-0.4, -0.2) is 101 Å². The number of unbranched alkanes of at least 4 members (excludes halogenated alkanes) is 3. The third-order valence-corrected chi connectivity index (χ3v) is 13.4. The second-order valence-electron chi connectivity index (χ2n) is 22.5. The number of aliphatic carboxylic acids is 1. The van der Waals surface area contributed by atoms with Crippen molar-refractivity contribution in [3.05, 3.63) is 167 Å². The molecule has 8 N–H and O–H groups in total. The topological polar surface area (TPSA) is 259 Å². The van der Waals surface area contributed by atoms with Gasteiger partial charge in [0.05, 0.1) is 6.42 Å². The summed E-state index contributed by atoms with van der Waals surface area (Å²) < 4.78 is 10.7. The van der Waals surface area contributed by atoms with Crippen LogP contribution in [0.3, 0.4) is 0 Å². The zero-order valence-electron chi connectivity index (χ0n) is 49.1. The number of alkyl carbamates (subject to hydrolysis) is 2. The van der Waals surface area contributed by atoms with E-state index in [1.165, 1.54) is 12.5 Å². The van der Waals surface area contributed by atoms with Gasteiger partial charge in [-0.3, -0.25) is 24.0 Å². The molecule has 0 fully saturated rings. The zero-order valence-corrected chi connectivity index (χ0v) is 49.1. The molecule has 0 heterocycles. The van der Waals surface area contributed by atoms with Crippen molar-refractivity contribution in [1.82, 2.24) is 37.2 Å². The molecule has 0 aliphatic rings. The number of aryl methyl sites for hydroxylation is 1. The molecule has 0 radical (unpaired) electrons. The van der Waals surface area contributed by atoms with Crippen molar-refractivity contribution in [2.45, 2.75) is 161 Å². The van der Waals surface area contributed by atoms with Gasteiger partial charge in [0.15, 0.2) is 0 Å². The van der Waals surface area contributed by atoms with E-state index < -0.39 is 95.0 Å². The molecule has 0 bridgehead atoms. The first-order valence-electron chi connectivity index (χ1n) is 28.5. The lowest BCUT2D eigenvalue weighted by Gasteiger charge is -2.37. The number of carbonyl (C=O) groups excluding carboxylic acids is 7. The molecule has 5 rings (SSSR count). The quantitative estimate of drug-likeness (QED) is 0.0165. The lowest BCUT2D eigenvalue weighted by atomic mass is 9.77. The molecule has 0 aromatic heterocycles. The summed E-state index contributed by atoms with van der Waals surface area (Å²) in [7, 11) is 0. The fraction of sp³-hybridized carbons (Fsp3) is 0.415. The second-order valence-corrected chi connectivity index (χ2v) is 22.5. The molecule has 0 saturated carbocycles. The van der Waals surface area contributed by atoms with Crippen molar-refractivity contribution in [2.75, 3.05) is 13.1 Å². The predicted molar refractivity (Wildman–Crippen MR) is 319 cm³/mol. The minimum absolute atomic E-state index is 0.00729. The van der Waals surface area contributed by atoms with Crippen molar-refractivity contribution >= 4 is 47.7 Å². The molecule has 18 nitrogen and oxygen atoms in total. The third-order valence-electron chi connectivity index (χ3n) is 13.4. The maximum atomic E-state index is 14.5. The van der Waals surface area contributed by atoms with Crippen LogP contribution in [0, 0.1) is 0 Å². The van der Waals surface area contributed by atoms with Crippen LogP contribution >= 0.6 is 0 Å². The van der Waals surface area contributed by atoms with Crippen LogP contribution in [0.15, 0.2) is 140 Å². The number of hydrogen-bond donors (Lipinski definition) is 8. The normalized spacial score (nSPS) is 12.9. The summed E-state index contributed by atoms with van der Waals surface area (Å²) in [4.78, 5) is 108. The lowest BCUT2D eigenvalue weighted by molar-refractivity contribution is -0.144. The van der Waals surface area contributed by atoms with Gasteiger partial charge >= 0.3 is 18.2 Å². The number of nitrogens with one attached hydrogen (secondary N) is 7. The van der Waals surface area contributed by atoms with Crippen molar-refractivity contribution in [3.8, 4) is 11.1 Å². The van der Waals surface area contributed by atoms with Gasteiger partial charge in [-0.25, -0.2) is 14.4 Å². The smallest absolute Gasteiger partial charge is 0.407 e. The Hall–Kier alpha value is -8.54. The number of benzene rings is 5. The van der Waals surface area contributed by atoms with Gasteiger partial charge in [0.2, 0.25) is 23.6 Å². The molecule has 0 aliphatic carbocycles. The van der Waals surface area contributed by atoms with Crippen LogP contribution in [0.4, 0.5) is 9.59 Å². The number of carboxylic acid groups (broad SMARTS) is 1. The Labute approximate surface area is 488 Å². The van der Waals surface area contributed by atoms with E-state index in [1.54, 1.807) is 53.7 Å². The summed E-state index contributed by atoms with van der Waals surface area (Å²) >= 11 is 0. The largest absolute Gasteiger partial charge is 0.480 e. The Kier molecular flexibility index (Phi) is 24.9. The van der Waals surface area contributed by atoms with Crippen LogP contribution in [0.25, 0.3) is 11.1 Å². The fourth-order valence-corrected chi connectivity index (χ4v) is 9.17. The molecule has 18 heteroatoms. The first-order valence-corrected chi connectivity index (χ1v) is 28.5. The van der Waals surface area contributed by atoms with Gasteiger partial charge in [0, 0.05) is 18.7 Å². The van der Waals surface area contributed by atoms with Crippen molar-refractivity contribution in [1.29, 1.82) is 0 Å². The van der Waals surface area contributed by atoms with Crippen LogP contribution in [0.1, 0.15) is 146 Å². The minimum Gasteiger partial charge on any atom is -0.480 e. The van der Waals surface area contributed by atoms with E-state index in [0.29, 0.717) is 36.0 Å². The fourth-order valence-electron chi connectivity index (χ4n) is 9.17. The predicted octanol–water partition coefficient (Wildman–Crippen LogP) is 9.24. The number of hydrogen-bond acceptors (Lipinski definition) is 10. The maximum Gasteiger partial charge on any atom is 0.407 e. The van der Waals surface area contributed by atoms with E-state index in [4.69, 9.17) is 9.47 Å². The third kappa shape index (κ3) is 21.4. The van der Waals surface area contributed by atoms with Gasteiger partial charge in [-0.05, 0) is 145 Å². The van der Waals surface area contributed by atoms with Gasteiger partial charge in [-0.15, -0.1) is 0 Å². The number of ether oxygens (including phenoxy) is 2. The summed E-state index contributed by atoms with van der Waals surface area (Å²) in [6.07, 6.45) is 2.73. The highest BCUT2D eigenvalue weighted by atomic mass is 16.6. The first kappa shape index (κ1) is 65.3. The van der Waals surface area contributed by atoms with E-state index in [0.717, 1.165) is 30.4 Å². The molecular formula is C65H83N7O11. The average Bonchev–Trinajstić information content (AvgIpc) is 2.32. The summed E-state index contributed by atoms with van der Waals surface area (Å²) in [5, 5.41) is 29.5. The van der Waals surface area contributed by atoms with Gasteiger partial charge in [0.25, 0.3) is 5.91 Å². The summed E-state index contributed by atoms with van der Waals surface area (Å²) in [6, 6.07) is 37.3. The number of carbonyl (C=O) groups is 8. The highest BCUT2D eigenvalue weighted by molar-refractivity contribution is 5.99. The van der Waals surface area contributed by atoms with E-state index in [9.17, 15) is 43.5 Å². The van der Waals surface area contributed by atoms with E-state index in [2.05, 4.69) is 56.3 Å². The monoisotopic (exact) mass is 1140 g/mol. The second kappa shape index (κ2) is 31.6. The Morgan fingerprint density at radius 2 is 0.916 bits per heavy atom. The summed E-state index contributed by atoms with van der Waals surface area (Å²) in [5.41, 5.74) is 2.77. The molecule has 7 amide bonds. The summed E-state index contributed by atoms with van der Waals surface area (Å²) in [6.45, 7) is 14.3. The van der Waals surface area contributed by atoms with E-state index in [-0.39, 0.29) is 37.9 Å². The minimum atomic E-state index is -1.74. The maximum absolute atomic E-state index is 14.5. The number of amides is 7. The summed E-state index contributed by atoms with van der Waals surface area (Å²) in [5.74, 6) is -5.19. The average molecular weight is 1140 g/mol. The SMILES string of the molecule is CCCCc1ccc(-c2ccc(C(=O)N[C@@H](CCCCNC(=O)OC(C)(C)C)C(=O)N[C@@H](CCCCNC(=O)OC(C)(C)C)C(=O)N[C@@H](C)C(=O)N[C@@H](CC(=O)NC(c3ccccc3)(c3ccccc3)c3ccccc3)C(=O)O)cc2)cc1. The first-order chi connectivity index (χ1) is 39.5. The van der Waals surface area contributed by atoms with Crippen molar-refractivity contribution in [2.24, 2.45) is 0 Å². The van der Waals surface area contributed by atoms with Crippen molar-refractivity contribution in [3.63, 3.8) is 0 Å². The van der Waals surface area contributed by atoms with Crippen LogP contribution < -0.4 is 37.2 Å². The molecule has 5 aromatic carbocycles. The molecule has 5 aromatic rings. The van der Waals surface area contributed by atoms with Crippen LogP contribution in [0.2, 0.25) is 0 Å². The van der Waals surface area contributed by atoms with Gasteiger partial charge in [-0.2, -0.15) is 0 Å². The molecule has 0 aliphatic heterocycles. The molecule has 0 spiro atoms. The Morgan fingerprint density at radius 1 is 0.494 bits per heavy atom. The Bertz CT molecular complexity index is 2810. The van der Waals surface area contributed by atoms with E-state index in [1.807, 2.05) is 115 Å². The van der Waals surface area contributed by atoms with Gasteiger partial charge in [-0.1, -0.05) is 141 Å². The van der Waals surface area contributed by atoms with Crippen LogP contribution in [-0.2, 0) is 45.4 Å². The number of carboxylic acids is 1. The molecule has 0 unspecified atom stereocenters. The standard InChI is InChI=1S/C65H83N7O11/c1-9-10-24-45-33-35-46(36-34-45)47-37-39-48(40-38-47)57(75)69-53(32-21-23-42-67-62(81)83-64(6,7)8)59(77)70-52(31-20-22-41-66-61(80)82-63(3,4)5)58(76)68-44(2)56(74)71-54(60(78)79)43-55(73)72-65(49-25-14-11-15-26-49,50-27-16-12-17-28-50)51-29-18-13-19-30-51/h11-19,25-30,33-40,44,52-54H,9-10,20-24,31-32,41-43H2,1-8H3,(H,66,80)(H,67,81)(H,68,76)(H,69,75)(H,70,77)(H,71,74)(H,72,73)(H,78,79)/t44-,52-,53-,54-/m0/s1. The molecule has 0 saturated heterocycles. The highest BCUT2D eigenvalue weighted by Gasteiger charge is 2.39. The Balaban J connectivity index is 1.33. The molecular weight excluding hydrogens is 1050 g/mol. The van der Waals surface area contributed by atoms with Gasteiger partial charge in [0.1, 0.15) is 40.9 Å². The zero-order chi connectivity index (χ0) is 60.6. The van der Waals surface area contributed by atoms with E-state index >= 15 is 0 Å². The molecule has 83 heavy (non-hydrogen) atoms. The lowest BCUT2D eigenvalue weighted by Crippen LogP contribution is -2.57. The highest BCUT2D eigenvalue weighted by Crippen LogP contribution is 2.37. The molecule has 4 atom stereocenters. The van der Waals surface area contributed by atoms with Crippen LogP contribution in [0.5, 0.6) is 0 Å². The number of rotatable bonds is 29.